The zero-order valence-electron chi connectivity index (χ0n) is 8.73. The highest BCUT2D eigenvalue weighted by molar-refractivity contribution is 5.83. The molecule has 2 N–H and O–H groups in total. The number of piperidine rings is 1. The van der Waals surface area contributed by atoms with Gasteiger partial charge in [0.05, 0.1) is 18.7 Å². The van der Waals surface area contributed by atoms with Crippen molar-refractivity contribution in [1.29, 1.82) is 0 Å². The topological polar surface area (TPSA) is 84.2 Å². The molecule has 0 saturated carbocycles. The van der Waals surface area contributed by atoms with Gasteiger partial charge in [-0.2, -0.15) is 0 Å². The molecule has 2 rings (SSSR count). The molecule has 2 amide bonds. The highest BCUT2D eigenvalue weighted by Crippen LogP contribution is 2.10. The zero-order chi connectivity index (χ0) is 11.4. The van der Waals surface area contributed by atoms with Gasteiger partial charge >= 0.3 is 0 Å². The lowest BCUT2D eigenvalue weighted by Crippen LogP contribution is -2.42. The molecule has 1 aliphatic heterocycles. The molecular formula is C10H13N3O3. The van der Waals surface area contributed by atoms with Crippen molar-refractivity contribution in [3.63, 3.8) is 0 Å². The van der Waals surface area contributed by atoms with Gasteiger partial charge in [0.2, 0.25) is 11.8 Å². The SMILES string of the molecule is O=C1CCC(C(=O)NCc2ccno2)CN1. The van der Waals surface area contributed by atoms with Crippen LogP contribution >= 0.6 is 0 Å². The molecule has 0 aromatic carbocycles. The molecule has 0 bridgehead atoms. The molecule has 0 aliphatic carbocycles. The second kappa shape index (κ2) is 4.78. The Hall–Kier alpha value is -1.85. The van der Waals surface area contributed by atoms with E-state index in [9.17, 15) is 9.59 Å². The van der Waals surface area contributed by atoms with Crippen LogP contribution in [0, 0.1) is 5.92 Å². The van der Waals surface area contributed by atoms with Gasteiger partial charge in [-0.3, -0.25) is 9.59 Å². The van der Waals surface area contributed by atoms with Gasteiger partial charge in [0.25, 0.3) is 0 Å². The second-order valence-electron chi connectivity index (χ2n) is 3.74. The summed E-state index contributed by atoms with van der Waals surface area (Å²) in [5, 5.41) is 8.96. The maximum absolute atomic E-state index is 11.7. The molecule has 1 aromatic rings. The standard InChI is InChI=1S/C10H13N3O3/c14-9-2-1-7(5-11-9)10(15)12-6-8-3-4-13-16-8/h3-4,7H,1-2,5-6H2,(H,11,14)(H,12,15). The van der Waals surface area contributed by atoms with Crippen LogP contribution < -0.4 is 10.6 Å². The molecule has 6 heteroatoms. The molecule has 16 heavy (non-hydrogen) atoms. The number of hydrogen-bond acceptors (Lipinski definition) is 4. The number of carbonyl (C=O) groups is 2. The van der Waals surface area contributed by atoms with Crippen LogP contribution in [-0.4, -0.2) is 23.5 Å². The quantitative estimate of drug-likeness (QED) is 0.744. The fourth-order valence-corrected chi connectivity index (χ4v) is 1.61. The summed E-state index contributed by atoms with van der Waals surface area (Å²) in [6.45, 7) is 0.754. The minimum atomic E-state index is -0.138. The molecule has 1 saturated heterocycles. The van der Waals surface area contributed by atoms with Crippen LogP contribution in [0.1, 0.15) is 18.6 Å². The van der Waals surface area contributed by atoms with Gasteiger partial charge in [0.15, 0.2) is 5.76 Å². The fraction of sp³-hybridized carbons (Fsp3) is 0.500. The Balaban J connectivity index is 1.77. The molecule has 1 aliphatic rings. The number of hydrogen-bond donors (Lipinski definition) is 2. The van der Waals surface area contributed by atoms with Crippen LogP contribution in [0.5, 0.6) is 0 Å². The number of carbonyl (C=O) groups excluding carboxylic acids is 2. The van der Waals surface area contributed by atoms with Crippen molar-refractivity contribution in [2.24, 2.45) is 5.92 Å². The molecule has 6 nitrogen and oxygen atoms in total. The van der Waals surface area contributed by atoms with Gasteiger partial charge < -0.3 is 15.2 Å². The summed E-state index contributed by atoms with van der Waals surface area (Å²) in [6, 6.07) is 1.70. The van der Waals surface area contributed by atoms with Crippen LogP contribution in [-0.2, 0) is 16.1 Å². The maximum atomic E-state index is 11.7. The normalized spacial score (nSPS) is 20.2. The first-order valence-electron chi connectivity index (χ1n) is 5.19. The Labute approximate surface area is 92.4 Å². The zero-order valence-corrected chi connectivity index (χ0v) is 8.73. The van der Waals surface area contributed by atoms with Crippen molar-refractivity contribution in [2.45, 2.75) is 19.4 Å². The van der Waals surface area contributed by atoms with Gasteiger partial charge in [0.1, 0.15) is 0 Å². The van der Waals surface area contributed by atoms with Gasteiger partial charge in [-0.05, 0) is 6.42 Å². The molecular weight excluding hydrogens is 210 g/mol. The van der Waals surface area contributed by atoms with Crippen molar-refractivity contribution in [3.05, 3.63) is 18.0 Å². The predicted molar refractivity (Wildman–Crippen MR) is 54.1 cm³/mol. The Morgan fingerprint density at radius 3 is 3.19 bits per heavy atom. The second-order valence-corrected chi connectivity index (χ2v) is 3.74. The number of nitrogens with zero attached hydrogens (tertiary/aromatic N) is 1. The summed E-state index contributed by atoms with van der Waals surface area (Å²) >= 11 is 0. The number of rotatable bonds is 3. The van der Waals surface area contributed by atoms with E-state index in [1.165, 1.54) is 6.20 Å². The molecule has 1 aromatic heterocycles. The summed E-state index contributed by atoms with van der Waals surface area (Å²) in [5.41, 5.74) is 0. The van der Waals surface area contributed by atoms with E-state index in [1.807, 2.05) is 0 Å². The van der Waals surface area contributed by atoms with Crippen molar-refractivity contribution in [1.82, 2.24) is 15.8 Å². The minimum Gasteiger partial charge on any atom is -0.360 e. The Kier molecular flexibility index (Phi) is 3.19. The van der Waals surface area contributed by atoms with Crippen LogP contribution in [0.3, 0.4) is 0 Å². The third-order valence-corrected chi connectivity index (χ3v) is 2.56. The van der Waals surface area contributed by atoms with E-state index in [1.54, 1.807) is 6.07 Å². The van der Waals surface area contributed by atoms with E-state index in [2.05, 4.69) is 15.8 Å². The summed E-state index contributed by atoms with van der Waals surface area (Å²) in [4.78, 5) is 22.6. The highest BCUT2D eigenvalue weighted by Gasteiger charge is 2.24. The van der Waals surface area contributed by atoms with Gasteiger partial charge in [-0.25, -0.2) is 0 Å². The van der Waals surface area contributed by atoms with Gasteiger partial charge in [0, 0.05) is 19.0 Å². The average molecular weight is 223 g/mol. The van der Waals surface area contributed by atoms with Crippen LogP contribution in [0.4, 0.5) is 0 Å². The molecule has 1 atom stereocenters. The third-order valence-electron chi connectivity index (χ3n) is 2.56. The van der Waals surface area contributed by atoms with Crippen LogP contribution in [0.2, 0.25) is 0 Å². The Morgan fingerprint density at radius 1 is 1.69 bits per heavy atom. The fourth-order valence-electron chi connectivity index (χ4n) is 1.61. The molecule has 0 spiro atoms. The number of amides is 2. The van der Waals surface area contributed by atoms with Gasteiger partial charge in [-0.1, -0.05) is 5.16 Å². The third kappa shape index (κ3) is 2.59. The molecule has 86 valence electrons. The molecule has 1 fully saturated rings. The highest BCUT2D eigenvalue weighted by atomic mass is 16.5. The summed E-state index contributed by atoms with van der Waals surface area (Å²) in [6.07, 6.45) is 2.55. The van der Waals surface area contributed by atoms with Crippen LogP contribution in [0.15, 0.2) is 16.8 Å². The minimum absolute atomic E-state index is 0.0132. The van der Waals surface area contributed by atoms with Crippen molar-refractivity contribution >= 4 is 11.8 Å². The molecule has 0 radical (unpaired) electrons. The lowest BCUT2D eigenvalue weighted by atomic mass is 9.98. The van der Waals surface area contributed by atoms with E-state index < -0.39 is 0 Å². The monoisotopic (exact) mass is 223 g/mol. The lowest BCUT2D eigenvalue weighted by Gasteiger charge is -2.21. The predicted octanol–water partition coefficient (Wildman–Crippen LogP) is -0.183. The lowest BCUT2D eigenvalue weighted by molar-refractivity contribution is -0.129. The van der Waals surface area contributed by atoms with E-state index in [0.717, 1.165) is 0 Å². The molecule has 2 heterocycles. The summed E-state index contributed by atoms with van der Waals surface area (Å²) in [7, 11) is 0. The van der Waals surface area contributed by atoms with E-state index in [-0.39, 0.29) is 17.7 Å². The molecule has 1 unspecified atom stereocenters. The summed E-state index contributed by atoms with van der Waals surface area (Å²) < 4.78 is 4.85. The first-order valence-corrected chi connectivity index (χ1v) is 5.19. The van der Waals surface area contributed by atoms with E-state index >= 15 is 0 Å². The smallest absolute Gasteiger partial charge is 0.225 e. The Bertz CT molecular complexity index is 365. The van der Waals surface area contributed by atoms with E-state index in [0.29, 0.717) is 31.7 Å². The van der Waals surface area contributed by atoms with E-state index in [4.69, 9.17) is 4.52 Å². The first-order chi connectivity index (χ1) is 7.75. The maximum Gasteiger partial charge on any atom is 0.225 e. The van der Waals surface area contributed by atoms with Crippen molar-refractivity contribution in [3.8, 4) is 0 Å². The summed E-state index contributed by atoms with van der Waals surface area (Å²) in [5.74, 6) is 0.435. The number of aromatic nitrogens is 1. The number of nitrogens with one attached hydrogen (secondary N) is 2. The first kappa shape index (κ1) is 10.7. The van der Waals surface area contributed by atoms with Gasteiger partial charge in [-0.15, -0.1) is 0 Å². The largest absolute Gasteiger partial charge is 0.360 e. The van der Waals surface area contributed by atoms with Crippen LogP contribution in [0.25, 0.3) is 0 Å². The van der Waals surface area contributed by atoms with Crippen molar-refractivity contribution < 1.29 is 14.1 Å². The van der Waals surface area contributed by atoms with Crippen molar-refractivity contribution in [2.75, 3.05) is 6.54 Å². The Morgan fingerprint density at radius 2 is 2.56 bits per heavy atom. The average Bonchev–Trinajstić information content (AvgIpc) is 2.80.